The average Bonchev–Trinajstić information content (AvgIpc) is 2.79. The van der Waals surface area contributed by atoms with Crippen molar-refractivity contribution < 1.29 is 13.2 Å². The molecule has 1 amide bonds. The molecule has 0 atom stereocenters. The lowest BCUT2D eigenvalue weighted by Crippen LogP contribution is -2.49. The number of hydrogen-bond donors (Lipinski definition) is 1. The lowest BCUT2D eigenvalue weighted by atomic mass is 10.1. The molecule has 2 aromatic carbocycles. The van der Waals surface area contributed by atoms with E-state index in [0.717, 1.165) is 17.6 Å². The summed E-state index contributed by atoms with van der Waals surface area (Å²) in [5.74, 6) is 1.29. The molecule has 0 aliphatic carbocycles. The van der Waals surface area contributed by atoms with E-state index in [9.17, 15) is 13.2 Å². The highest BCUT2D eigenvalue weighted by molar-refractivity contribution is 7.92. The van der Waals surface area contributed by atoms with E-state index in [1.807, 2.05) is 36.4 Å². The van der Waals surface area contributed by atoms with Crippen LogP contribution in [0.2, 0.25) is 0 Å². The number of carbonyl (C=O) groups is 1. The highest BCUT2D eigenvalue weighted by atomic mass is 32.2. The van der Waals surface area contributed by atoms with Gasteiger partial charge in [-0.15, -0.1) is 0 Å². The Labute approximate surface area is 181 Å². The lowest BCUT2D eigenvalue weighted by Gasteiger charge is -2.35. The van der Waals surface area contributed by atoms with E-state index in [1.165, 1.54) is 0 Å². The van der Waals surface area contributed by atoms with E-state index < -0.39 is 10.0 Å². The molecule has 1 aliphatic heterocycles. The molecule has 0 unspecified atom stereocenters. The second-order valence-corrected chi connectivity index (χ2v) is 9.05. The van der Waals surface area contributed by atoms with Crippen molar-refractivity contribution in [2.75, 3.05) is 42.1 Å². The fourth-order valence-electron chi connectivity index (χ4n) is 3.52. The van der Waals surface area contributed by atoms with Crippen LogP contribution in [0.5, 0.6) is 0 Å². The molecule has 0 saturated carbocycles. The molecule has 4 rings (SSSR count). The first kappa shape index (κ1) is 20.8. The van der Waals surface area contributed by atoms with E-state index in [-0.39, 0.29) is 5.91 Å². The van der Waals surface area contributed by atoms with Gasteiger partial charge in [-0.1, -0.05) is 42.5 Å². The van der Waals surface area contributed by atoms with Crippen molar-refractivity contribution in [1.82, 2.24) is 14.9 Å². The molecule has 160 valence electrons. The lowest BCUT2D eigenvalue weighted by molar-refractivity contribution is 0.0747. The summed E-state index contributed by atoms with van der Waals surface area (Å²) in [5, 5.41) is 0. The zero-order chi connectivity index (χ0) is 21.8. The number of carbonyl (C=O) groups excluding carboxylic acids is 1. The first-order chi connectivity index (χ1) is 14.9. The van der Waals surface area contributed by atoms with Gasteiger partial charge in [0.2, 0.25) is 10.0 Å². The number of rotatable bonds is 5. The SMILES string of the molecule is CS(=O)(=O)Nc1ccccc1C(=O)N1CCN(c2ccnc(-c3ccccc3)n2)CC1. The third-order valence-electron chi connectivity index (χ3n) is 5.02. The molecule has 1 N–H and O–H groups in total. The molecule has 0 radical (unpaired) electrons. The van der Waals surface area contributed by atoms with Gasteiger partial charge in [-0.2, -0.15) is 0 Å². The summed E-state index contributed by atoms with van der Waals surface area (Å²) in [4.78, 5) is 25.9. The van der Waals surface area contributed by atoms with E-state index in [2.05, 4.69) is 19.6 Å². The van der Waals surface area contributed by atoms with E-state index in [1.54, 1.807) is 35.4 Å². The predicted octanol–water partition coefficient (Wildman–Crippen LogP) is 2.48. The van der Waals surface area contributed by atoms with Crippen LogP contribution in [0.4, 0.5) is 11.5 Å². The molecule has 1 aromatic heterocycles. The van der Waals surface area contributed by atoms with Gasteiger partial charge in [0.15, 0.2) is 5.82 Å². The predicted molar refractivity (Wildman–Crippen MR) is 120 cm³/mol. The Morgan fingerprint density at radius 2 is 1.61 bits per heavy atom. The quantitative estimate of drug-likeness (QED) is 0.659. The summed E-state index contributed by atoms with van der Waals surface area (Å²) in [7, 11) is -3.48. The summed E-state index contributed by atoms with van der Waals surface area (Å²) in [5.41, 5.74) is 1.59. The summed E-state index contributed by atoms with van der Waals surface area (Å²) >= 11 is 0. The summed E-state index contributed by atoms with van der Waals surface area (Å²) in [6.45, 7) is 2.27. The highest BCUT2D eigenvalue weighted by Gasteiger charge is 2.25. The highest BCUT2D eigenvalue weighted by Crippen LogP contribution is 2.22. The third kappa shape index (κ3) is 5.00. The first-order valence-corrected chi connectivity index (χ1v) is 11.8. The van der Waals surface area contributed by atoms with Crippen molar-refractivity contribution in [3.63, 3.8) is 0 Å². The minimum atomic E-state index is -3.48. The van der Waals surface area contributed by atoms with Crippen LogP contribution in [0.15, 0.2) is 66.9 Å². The Morgan fingerprint density at radius 1 is 0.935 bits per heavy atom. The zero-order valence-electron chi connectivity index (χ0n) is 17.1. The largest absolute Gasteiger partial charge is 0.353 e. The van der Waals surface area contributed by atoms with Crippen LogP contribution < -0.4 is 9.62 Å². The molecule has 3 aromatic rings. The molecular formula is C22H23N5O3S. The monoisotopic (exact) mass is 437 g/mol. The minimum absolute atomic E-state index is 0.195. The summed E-state index contributed by atoms with van der Waals surface area (Å²) in [6, 6.07) is 18.3. The average molecular weight is 438 g/mol. The van der Waals surface area contributed by atoms with Gasteiger partial charge in [0.1, 0.15) is 5.82 Å². The number of aromatic nitrogens is 2. The fourth-order valence-corrected chi connectivity index (χ4v) is 4.10. The first-order valence-electron chi connectivity index (χ1n) is 9.90. The Balaban J connectivity index is 1.46. The van der Waals surface area contributed by atoms with E-state index in [4.69, 9.17) is 0 Å². The van der Waals surface area contributed by atoms with Crippen molar-refractivity contribution in [2.24, 2.45) is 0 Å². The van der Waals surface area contributed by atoms with Crippen LogP contribution in [0.1, 0.15) is 10.4 Å². The third-order valence-corrected chi connectivity index (χ3v) is 5.61. The second kappa shape index (κ2) is 8.73. The Morgan fingerprint density at radius 3 is 2.32 bits per heavy atom. The number of sulfonamides is 1. The van der Waals surface area contributed by atoms with Gasteiger partial charge in [-0.25, -0.2) is 18.4 Å². The maximum atomic E-state index is 13.0. The Hall–Kier alpha value is -3.46. The van der Waals surface area contributed by atoms with Crippen LogP contribution in [0.25, 0.3) is 11.4 Å². The Kier molecular flexibility index (Phi) is 5.85. The van der Waals surface area contributed by atoms with Gasteiger partial charge >= 0.3 is 0 Å². The fraction of sp³-hybridized carbons (Fsp3) is 0.227. The van der Waals surface area contributed by atoms with Gasteiger partial charge in [0, 0.05) is 37.9 Å². The van der Waals surface area contributed by atoms with Crippen LogP contribution in [0.3, 0.4) is 0 Å². The van der Waals surface area contributed by atoms with Crippen LogP contribution in [-0.4, -0.2) is 61.6 Å². The maximum absolute atomic E-state index is 13.0. The van der Waals surface area contributed by atoms with Crippen molar-refractivity contribution >= 4 is 27.4 Å². The van der Waals surface area contributed by atoms with Gasteiger partial charge in [0.25, 0.3) is 5.91 Å². The van der Waals surface area contributed by atoms with Gasteiger partial charge in [-0.3, -0.25) is 9.52 Å². The molecule has 1 saturated heterocycles. The molecule has 1 fully saturated rings. The van der Waals surface area contributed by atoms with Gasteiger partial charge in [0.05, 0.1) is 17.5 Å². The minimum Gasteiger partial charge on any atom is -0.353 e. The van der Waals surface area contributed by atoms with Crippen molar-refractivity contribution in [2.45, 2.75) is 0 Å². The number of nitrogens with one attached hydrogen (secondary N) is 1. The number of nitrogens with zero attached hydrogens (tertiary/aromatic N) is 4. The second-order valence-electron chi connectivity index (χ2n) is 7.30. The normalized spacial score (nSPS) is 14.4. The number of amides is 1. The topological polar surface area (TPSA) is 95.5 Å². The van der Waals surface area contributed by atoms with Crippen LogP contribution in [0, 0.1) is 0 Å². The molecule has 31 heavy (non-hydrogen) atoms. The molecule has 0 bridgehead atoms. The van der Waals surface area contributed by atoms with Gasteiger partial charge < -0.3 is 9.80 Å². The standard InChI is InChI=1S/C22H23N5O3S/c1-31(29,30)25-19-10-6-5-9-18(19)22(28)27-15-13-26(14-16-27)20-11-12-23-21(24-20)17-7-3-2-4-8-17/h2-12,25H,13-16H2,1H3. The molecule has 9 heteroatoms. The number of piperazine rings is 1. The van der Waals surface area contributed by atoms with Crippen LogP contribution in [-0.2, 0) is 10.0 Å². The summed E-state index contributed by atoms with van der Waals surface area (Å²) < 4.78 is 25.7. The van der Waals surface area contributed by atoms with Crippen molar-refractivity contribution in [1.29, 1.82) is 0 Å². The van der Waals surface area contributed by atoms with Crippen molar-refractivity contribution in [3.05, 3.63) is 72.4 Å². The smallest absolute Gasteiger partial charge is 0.256 e. The maximum Gasteiger partial charge on any atom is 0.256 e. The zero-order valence-corrected chi connectivity index (χ0v) is 17.9. The molecule has 1 aliphatic rings. The van der Waals surface area contributed by atoms with Crippen molar-refractivity contribution in [3.8, 4) is 11.4 Å². The molecule has 2 heterocycles. The molecule has 0 spiro atoms. The number of benzene rings is 2. The molecule has 8 nitrogen and oxygen atoms in total. The molecular weight excluding hydrogens is 414 g/mol. The van der Waals surface area contributed by atoms with Gasteiger partial charge in [-0.05, 0) is 18.2 Å². The van der Waals surface area contributed by atoms with E-state index in [0.29, 0.717) is 43.3 Å². The summed E-state index contributed by atoms with van der Waals surface area (Å²) in [6.07, 6.45) is 2.81. The Bertz CT molecular complexity index is 1180. The van der Waals surface area contributed by atoms with Crippen LogP contribution >= 0.6 is 0 Å². The number of anilines is 2. The van der Waals surface area contributed by atoms with E-state index >= 15 is 0 Å². The number of para-hydroxylation sites is 1. The number of hydrogen-bond acceptors (Lipinski definition) is 6.